The summed E-state index contributed by atoms with van der Waals surface area (Å²) >= 11 is 1.30. The van der Waals surface area contributed by atoms with Gasteiger partial charge in [0.05, 0.1) is 23.3 Å². The van der Waals surface area contributed by atoms with Crippen molar-refractivity contribution < 1.29 is 14.5 Å². The molecule has 0 bridgehead atoms. The summed E-state index contributed by atoms with van der Waals surface area (Å²) in [5.41, 5.74) is 0.494. The van der Waals surface area contributed by atoms with Gasteiger partial charge in [-0.15, -0.1) is 10.2 Å². The first-order valence-corrected chi connectivity index (χ1v) is 9.20. The predicted octanol–water partition coefficient (Wildman–Crippen LogP) is 2.40. The lowest BCUT2D eigenvalue weighted by atomic mass is 10.2. The van der Waals surface area contributed by atoms with Gasteiger partial charge in [-0.25, -0.2) is 0 Å². The summed E-state index contributed by atoms with van der Waals surface area (Å²) in [5, 5.41) is 22.3. The minimum atomic E-state index is -0.481. The number of aryl methyl sites for hydroxylation is 1. The Labute approximate surface area is 154 Å². The molecule has 138 valence electrons. The predicted molar refractivity (Wildman–Crippen MR) is 96.2 cm³/mol. The van der Waals surface area contributed by atoms with Gasteiger partial charge < -0.3 is 14.6 Å². The van der Waals surface area contributed by atoms with Crippen LogP contribution in [0.25, 0.3) is 0 Å². The topological polar surface area (TPSA) is 112 Å². The summed E-state index contributed by atoms with van der Waals surface area (Å²) in [6, 6.07) is 5.71. The Hall–Kier alpha value is -2.46. The molecule has 1 aliphatic rings. The van der Waals surface area contributed by atoms with E-state index < -0.39 is 4.92 Å². The summed E-state index contributed by atoms with van der Waals surface area (Å²) in [6.45, 7) is 3.35. The Kier molecular flexibility index (Phi) is 5.84. The standard InChI is InChI=1S/C16H19N5O4S/c1-11-18-19-16(20(11)9-14-3-2-8-25-14)26-10-15(22)17-12-4-6-13(7-5-12)21(23)24/h4-7,14H,2-3,8-10H2,1H3,(H,17,22)/t14-/m1/s1. The largest absolute Gasteiger partial charge is 0.376 e. The van der Waals surface area contributed by atoms with Crippen molar-refractivity contribution in [3.05, 3.63) is 40.2 Å². The van der Waals surface area contributed by atoms with E-state index in [2.05, 4.69) is 15.5 Å². The van der Waals surface area contributed by atoms with E-state index in [1.165, 1.54) is 36.0 Å². The molecule has 10 heteroatoms. The number of thioether (sulfide) groups is 1. The van der Waals surface area contributed by atoms with Crippen LogP contribution in [0.5, 0.6) is 0 Å². The minimum Gasteiger partial charge on any atom is -0.376 e. The zero-order valence-corrected chi connectivity index (χ0v) is 15.1. The smallest absolute Gasteiger partial charge is 0.269 e. The van der Waals surface area contributed by atoms with Crippen molar-refractivity contribution in [1.29, 1.82) is 0 Å². The number of nitro groups is 1. The maximum atomic E-state index is 12.1. The molecular weight excluding hydrogens is 358 g/mol. The monoisotopic (exact) mass is 377 g/mol. The van der Waals surface area contributed by atoms with Gasteiger partial charge in [-0.3, -0.25) is 14.9 Å². The summed E-state index contributed by atoms with van der Waals surface area (Å²) in [7, 11) is 0. The molecule has 0 radical (unpaired) electrons. The number of hydrogen-bond donors (Lipinski definition) is 1. The van der Waals surface area contributed by atoms with Crippen LogP contribution in [-0.4, -0.2) is 44.1 Å². The van der Waals surface area contributed by atoms with Crippen molar-refractivity contribution >= 4 is 29.0 Å². The van der Waals surface area contributed by atoms with E-state index >= 15 is 0 Å². The molecule has 1 aliphatic heterocycles. The van der Waals surface area contributed by atoms with Crippen molar-refractivity contribution in [2.24, 2.45) is 0 Å². The molecule has 0 saturated carbocycles. The number of nitro benzene ring substituents is 1. The maximum Gasteiger partial charge on any atom is 0.269 e. The molecule has 3 rings (SSSR count). The van der Waals surface area contributed by atoms with Crippen LogP contribution >= 0.6 is 11.8 Å². The van der Waals surface area contributed by atoms with Crippen molar-refractivity contribution in [2.75, 3.05) is 17.7 Å². The fraction of sp³-hybridized carbons (Fsp3) is 0.438. The van der Waals surface area contributed by atoms with E-state index in [9.17, 15) is 14.9 Å². The third-order valence-electron chi connectivity index (χ3n) is 4.01. The molecule has 2 aromatic rings. The van der Waals surface area contributed by atoms with Gasteiger partial charge >= 0.3 is 0 Å². The Balaban J connectivity index is 1.55. The highest BCUT2D eigenvalue weighted by Gasteiger charge is 2.20. The number of rotatable bonds is 7. The molecule has 1 saturated heterocycles. The number of nitrogens with one attached hydrogen (secondary N) is 1. The van der Waals surface area contributed by atoms with Crippen molar-refractivity contribution in [2.45, 2.75) is 37.6 Å². The summed E-state index contributed by atoms with van der Waals surface area (Å²) in [4.78, 5) is 22.3. The normalized spacial score (nSPS) is 16.6. The van der Waals surface area contributed by atoms with E-state index in [-0.39, 0.29) is 23.5 Å². The number of hydrogen-bond acceptors (Lipinski definition) is 7. The van der Waals surface area contributed by atoms with Gasteiger partial charge in [0, 0.05) is 24.4 Å². The SMILES string of the molecule is Cc1nnc(SCC(=O)Nc2ccc([N+](=O)[O-])cc2)n1C[C@H]1CCCO1. The number of carbonyl (C=O) groups excluding carboxylic acids is 1. The number of amides is 1. The second-order valence-corrected chi connectivity index (χ2v) is 6.86. The van der Waals surface area contributed by atoms with Gasteiger partial charge in [-0.1, -0.05) is 11.8 Å². The van der Waals surface area contributed by atoms with Crippen molar-refractivity contribution in [1.82, 2.24) is 14.8 Å². The highest BCUT2D eigenvalue weighted by molar-refractivity contribution is 7.99. The number of benzene rings is 1. The van der Waals surface area contributed by atoms with Gasteiger partial charge in [-0.2, -0.15) is 0 Å². The van der Waals surface area contributed by atoms with Gasteiger partial charge in [0.1, 0.15) is 5.82 Å². The Morgan fingerprint density at radius 3 is 2.85 bits per heavy atom. The molecule has 1 atom stereocenters. The Morgan fingerprint density at radius 1 is 1.42 bits per heavy atom. The number of nitrogens with zero attached hydrogens (tertiary/aromatic N) is 4. The molecule has 0 aliphatic carbocycles. The lowest BCUT2D eigenvalue weighted by molar-refractivity contribution is -0.384. The fourth-order valence-corrected chi connectivity index (χ4v) is 3.46. The molecular formula is C16H19N5O4S. The number of carbonyl (C=O) groups is 1. The minimum absolute atomic E-state index is 0.0184. The van der Waals surface area contributed by atoms with Gasteiger partial charge in [-0.05, 0) is 31.9 Å². The third-order valence-corrected chi connectivity index (χ3v) is 4.97. The number of non-ortho nitro benzene ring substituents is 1. The van der Waals surface area contributed by atoms with Crippen LogP contribution in [0.15, 0.2) is 29.4 Å². The molecule has 0 spiro atoms. The van der Waals surface area contributed by atoms with Crippen LogP contribution in [-0.2, 0) is 16.1 Å². The first-order chi connectivity index (χ1) is 12.5. The molecule has 1 aromatic carbocycles. The average Bonchev–Trinajstić information content (AvgIpc) is 3.25. The maximum absolute atomic E-state index is 12.1. The molecule has 2 heterocycles. The van der Waals surface area contributed by atoms with Crippen LogP contribution < -0.4 is 5.32 Å². The highest BCUT2D eigenvalue weighted by atomic mass is 32.2. The first-order valence-electron chi connectivity index (χ1n) is 8.21. The number of anilines is 1. The zero-order chi connectivity index (χ0) is 18.5. The van der Waals surface area contributed by atoms with Crippen LogP contribution in [0.1, 0.15) is 18.7 Å². The molecule has 9 nitrogen and oxygen atoms in total. The quantitative estimate of drug-likeness (QED) is 0.448. The second-order valence-electron chi connectivity index (χ2n) is 5.92. The lowest BCUT2D eigenvalue weighted by Crippen LogP contribution is -2.18. The molecule has 26 heavy (non-hydrogen) atoms. The van der Waals surface area contributed by atoms with Gasteiger partial charge in [0.25, 0.3) is 5.69 Å². The van der Waals surface area contributed by atoms with E-state index in [1.54, 1.807) is 0 Å². The molecule has 0 unspecified atom stereocenters. The van der Waals surface area contributed by atoms with E-state index in [0.717, 1.165) is 25.3 Å². The number of aromatic nitrogens is 3. The Bertz CT molecular complexity index is 786. The van der Waals surface area contributed by atoms with E-state index in [0.29, 0.717) is 17.4 Å². The van der Waals surface area contributed by atoms with Crippen LogP contribution in [0.3, 0.4) is 0 Å². The van der Waals surface area contributed by atoms with Crippen molar-refractivity contribution in [3.63, 3.8) is 0 Å². The third kappa shape index (κ3) is 4.58. The van der Waals surface area contributed by atoms with Crippen LogP contribution in [0.2, 0.25) is 0 Å². The average molecular weight is 377 g/mol. The second kappa shape index (κ2) is 8.28. The molecule has 1 fully saturated rings. The highest BCUT2D eigenvalue weighted by Crippen LogP contribution is 2.22. The summed E-state index contributed by atoms with van der Waals surface area (Å²) < 4.78 is 7.63. The number of ether oxygens (including phenoxy) is 1. The van der Waals surface area contributed by atoms with Crippen molar-refractivity contribution in [3.8, 4) is 0 Å². The fourth-order valence-electron chi connectivity index (χ4n) is 2.66. The van der Waals surface area contributed by atoms with E-state index in [1.807, 2.05) is 11.5 Å². The van der Waals surface area contributed by atoms with Crippen LogP contribution in [0.4, 0.5) is 11.4 Å². The molecule has 1 N–H and O–H groups in total. The van der Waals surface area contributed by atoms with Gasteiger partial charge in [0.2, 0.25) is 5.91 Å². The van der Waals surface area contributed by atoms with Gasteiger partial charge in [0.15, 0.2) is 5.16 Å². The Morgan fingerprint density at radius 2 is 2.19 bits per heavy atom. The molecule has 1 amide bonds. The first kappa shape index (κ1) is 18.3. The van der Waals surface area contributed by atoms with E-state index in [4.69, 9.17) is 4.74 Å². The summed E-state index contributed by atoms with van der Waals surface area (Å²) in [6.07, 6.45) is 2.24. The lowest BCUT2D eigenvalue weighted by Gasteiger charge is -2.13. The van der Waals surface area contributed by atoms with Crippen LogP contribution in [0, 0.1) is 17.0 Å². The molecule has 1 aromatic heterocycles. The summed E-state index contributed by atoms with van der Waals surface area (Å²) in [5.74, 6) is 0.743. The zero-order valence-electron chi connectivity index (χ0n) is 14.3.